The van der Waals surface area contributed by atoms with Gasteiger partial charge in [-0.1, -0.05) is 25.2 Å². The summed E-state index contributed by atoms with van der Waals surface area (Å²) in [5.74, 6) is -1.48. The average molecular weight is 349 g/mol. The molecule has 0 saturated carbocycles. The molecule has 1 heterocycles. The Bertz CT molecular complexity index is 695. The van der Waals surface area contributed by atoms with Crippen molar-refractivity contribution in [3.05, 3.63) is 41.5 Å². The molecule has 1 aromatic carbocycles. The molecule has 0 saturated heterocycles. The number of aliphatic hydroxyl groups is 1. The van der Waals surface area contributed by atoms with Gasteiger partial charge in [0.1, 0.15) is 17.4 Å². The maximum Gasteiger partial charge on any atom is 0.342 e. The first-order valence-corrected chi connectivity index (χ1v) is 7.74. The van der Waals surface area contributed by atoms with Crippen LogP contribution in [0.15, 0.2) is 30.4 Å². The number of rotatable bonds is 0. The van der Waals surface area contributed by atoms with Crippen molar-refractivity contribution in [1.82, 2.24) is 0 Å². The highest BCUT2D eigenvalue weighted by molar-refractivity contribution is 5.97. The van der Waals surface area contributed by atoms with Crippen molar-refractivity contribution in [1.29, 1.82) is 0 Å². The van der Waals surface area contributed by atoms with E-state index in [0.717, 1.165) is 0 Å². The molecule has 1 aromatic rings. The van der Waals surface area contributed by atoms with Crippen molar-refractivity contribution in [3.8, 4) is 5.75 Å². The second-order valence-electron chi connectivity index (χ2n) is 5.84. The molecule has 2 rings (SSSR count). The Morgan fingerprint density at radius 2 is 1.96 bits per heavy atom. The van der Waals surface area contributed by atoms with Crippen molar-refractivity contribution in [3.63, 3.8) is 0 Å². The second kappa shape index (κ2) is 9.00. The fourth-order valence-corrected chi connectivity index (χ4v) is 2.34. The molecule has 0 spiro atoms. The molecule has 0 unspecified atom stereocenters. The largest absolute Gasteiger partial charge is 0.507 e. The normalized spacial score (nSPS) is 24.2. The van der Waals surface area contributed by atoms with Crippen LogP contribution in [0, 0.1) is 5.92 Å². The molecule has 136 valence electrons. The minimum atomic E-state index is -1.07. The summed E-state index contributed by atoms with van der Waals surface area (Å²) in [6.07, 6.45) is 5.85. The number of ketones is 1. The molecule has 2 atom stereocenters. The van der Waals surface area contributed by atoms with Crippen LogP contribution in [0.3, 0.4) is 0 Å². The van der Waals surface area contributed by atoms with Crippen LogP contribution in [-0.2, 0) is 9.53 Å². The van der Waals surface area contributed by atoms with E-state index >= 15 is 0 Å². The monoisotopic (exact) mass is 349 g/mol. The van der Waals surface area contributed by atoms with Gasteiger partial charge in [-0.2, -0.15) is 0 Å². The Morgan fingerprint density at radius 3 is 2.68 bits per heavy atom. The number of allylic oxidation sites excluding steroid dienone is 1. The van der Waals surface area contributed by atoms with Gasteiger partial charge in [0.15, 0.2) is 5.78 Å². The van der Waals surface area contributed by atoms with Gasteiger partial charge in [-0.15, -0.1) is 0 Å². The number of nitrogens with two attached hydrogens (primary N) is 1. The number of nitrogen functional groups attached to an aromatic ring is 1. The summed E-state index contributed by atoms with van der Waals surface area (Å²) < 4.78 is 5.21. The molecule has 0 radical (unpaired) electrons. The number of esters is 1. The molecular weight excluding hydrogens is 326 g/mol. The molecule has 0 fully saturated rings. The molecule has 6 N–H and O–H groups in total. The summed E-state index contributed by atoms with van der Waals surface area (Å²) in [4.78, 5) is 24.0. The number of benzene rings is 1. The smallest absolute Gasteiger partial charge is 0.342 e. The zero-order valence-corrected chi connectivity index (χ0v) is 13.9. The quantitative estimate of drug-likeness (QED) is 0.475. The van der Waals surface area contributed by atoms with E-state index in [1.807, 2.05) is 0 Å². The van der Waals surface area contributed by atoms with Crippen LogP contribution < -0.4 is 5.73 Å². The van der Waals surface area contributed by atoms with E-state index in [0.29, 0.717) is 17.7 Å². The molecular formula is C18H23NO6. The van der Waals surface area contributed by atoms with Crippen molar-refractivity contribution < 1.29 is 30.0 Å². The highest BCUT2D eigenvalue weighted by atomic mass is 16.5. The number of carbonyl (C=O) groups excluding carboxylic acids is 2. The Balaban J connectivity index is 0.00000312. The first kappa shape index (κ1) is 20.4. The van der Waals surface area contributed by atoms with Gasteiger partial charge >= 0.3 is 5.97 Å². The van der Waals surface area contributed by atoms with Crippen LogP contribution in [0.4, 0.5) is 5.69 Å². The van der Waals surface area contributed by atoms with Crippen LogP contribution in [0.2, 0.25) is 0 Å². The SMILES string of the molecule is C[C@@H]1/C=C\C(=O)[C@@H](O)CC/C=C/c2cc(N)cc(O)c2C(=O)OC1.O. The lowest BCUT2D eigenvalue weighted by Crippen LogP contribution is -2.18. The van der Waals surface area contributed by atoms with Crippen molar-refractivity contribution in [2.24, 2.45) is 5.92 Å². The van der Waals surface area contributed by atoms with E-state index in [-0.39, 0.29) is 41.5 Å². The molecule has 1 aliphatic rings. The maximum absolute atomic E-state index is 12.3. The lowest BCUT2D eigenvalue weighted by atomic mass is 10.0. The fourth-order valence-electron chi connectivity index (χ4n) is 2.34. The zero-order chi connectivity index (χ0) is 17.7. The van der Waals surface area contributed by atoms with Gasteiger partial charge in [0, 0.05) is 17.7 Å². The predicted octanol–water partition coefficient (Wildman–Crippen LogP) is 1.24. The average Bonchev–Trinajstić information content (AvgIpc) is 2.52. The predicted molar refractivity (Wildman–Crippen MR) is 94.0 cm³/mol. The minimum absolute atomic E-state index is 0. The molecule has 7 nitrogen and oxygen atoms in total. The van der Waals surface area contributed by atoms with Crippen LogP contribution in [0.5, 0.6) is 5.75 Å². The Labute approximate surface area is 145 Å². The topological polar surface area (TPSA) is 141 Å². The lowest BCUT2D eigenvalue weighted by molar-refractivity contribution is -0.122. The molecule has 0 bridgehead atoms. The number of aliphatic hydroxyl groups excluding tert-OH is 1. The molecule has 0 aromatic heterocycles. The number of anilines is 1. The first-order valence-electron chi connectivity index (χ1n) is 7.74. The number of phenols is 1. The van der Waals surface area contributed by atoms with Gasteiger partial charge in [0.05, 0.1) is 6.61 Å². The van der Waals surface area contributed by atoms with E-state index in [1.54, 1.807) is 31.2 Å². The highest BCUT2D eigenvalue weighted by Crippen LogP contribution is 2.27. The Morgan fingerprint density at radius 1 is 1.24 bits per heavy atom. The van der Waals surface area contributed by atoms with E-state index < -0.39 is 12.1 Å². The van der Waals surface area contributed by atoms with E-state index in [4.69, 9.17) is 10.5 Å². The number of phenolic OH excluding ortho intramolecular Hbond substituents is 1. The molecule has 1 aliphatic heterocycles. The Hall–Kier alpha value is -2.64. The van der Waals surface area contributed by atoms with Gasteiger partial charge in [0.25, 0.3) is 0 Å². The van der Waals surface area contributed by atoms with Gasteiger partial charge in [0.2, 0.25) is 0 Å². The van der Waals surface area contributed by atoms with E-state index in [2.05, 4.69) is 0 Å². The Kier molecular flexibility index (Phi) is 7.35. The van der Waals surface area contributed by atoms with Gasteiger partial charge in [-0.3, -0.25) is 4.79 Å². The number of cyclic esters (lactones) is 1. The number of fused-ring (bicyclic) bond motifs is 1. The third-order valence-corrected chi connectivity index (χ3v) is 3.67. The van der Waals surface area contributed by atoms with Gasteiger partial charge < -0.3 is 26.2 Å². The third kappa shape index (κ3) is 5.44. The van der Waals surface area contributed by atoms with Crippen LogP contribution in [0.1, 0.15) is 35.7 Å². The van der Waals surface area contributed by atoms with Gasteiger partial charge in [-0.05, 0) is 30.5 Å². The second-order valence-corrected chi connectivity index (χ2v) is 5.84. The number of ether oxygens (including phenoxy) is 1. The highest BCUT2D eigenvalue weighted by Gasteiger charge is 2.19. The number of carbonyl (C=O) groups is 2. The summed E-state index contributed by atoms with van der Waals surface area (Å²) in [5, 5.41) is 19.9. The van der Waals surface area contributed by atoms with E-state index in [1.165, 1.54) is 12.1 Å². The first-order chi connectivity index (χ1) is 11.4. The molecule has 0 aliphatic carbocycles. The van der Waals surface area contributed by atoms with Crippen molar-refractivity contribution >= 4 is 23.5 Å². The summed E-state index contributed by atoms with van der Waals surface area (Å²) in [5.41, 5.74) is 6.50. The van der Waals surface area contributed by atoms with Crippen molar-refractivity contribution in [2.45, 2.75) is 25.9 Å². The number of hydrogen-bond donors (Lipinski definition) is 3. The fraction of sp³-hybridized carbons (Fsp3) is 0.333. The van der Waals surface area contributed by atoms with Crippen LogP contribution in [-0.4, -0.2) is 40.2 Å². The van der Waals surface area contributed by atoms with Crippen molar-refractivity contribution in [2.75, 3.05) is 12.3 Å². The number of aromatic hydroxyl groups is 1. The summed E-state index contributed by atoms with van der Waals surface area (Å²) in [6.45, 7) is 1.82. The summed E-state index contributed by atoms with van der Waals surface area (Å²) >= 11 is 0. The van der Waals surface area contributed by atoms with Gasteiger partial charge in [-0.25, -0.2) is 4.79 Å². The summed E-state index contributed by atoms with van der Waals surface area (Å²) in [7, 11) is 0. The molecule has 7 heteroatoms. The minimum Gasteiger partial charge on any atom is -0.507 e. The lowest BCUT2D eigenvalue weighted by Gasteiger charge is -2.13. The third-order valence-electron chi connectivity index (χ3n) is 3.67. The van der Waals surface area contributed by atoms with Crippen LogP contribution >= 0.6 is 0 Å². The van der Waals surface area contributed by atoms with E-state index in [9.17, 15) is 19.8 Å². The summed E-state index contributed by atoms with van der Waals surface area (Å²) in [6, 6.07) is 2.85. The molecule has 0 amide bonds. The molecule has 25 heavy (non-hydrogen) atoms. The number of hydrogen-bond acceptors (Lipinski definition) is 6. The van der Waals surface area contributed by atoms with Crippen LogP contribution in [0.25, 0.3) is 6.08 Å². The standard InChI is InChI=1S/C18H21NO5.H2O/c1-11-6-7-15(21)14(20)5-3-2-4-12-8-13(19)9-16(22)17(12)18(23)24-10-11;/h2,4,6-9,11,14,20,22H,3,5,10,19H2,1H3;1H2/b4-2+,7-6-;/t11-,14+;/m1./s1. The maximum atomic E-state index is 12.3. The zero-order valence-electron chi connectivity index (χ0n) is 13.9.